The fraction of sp³-hybridized carbons (Fsp3) is 0.148. The zero-order valence-electron chi connectivity index (χ0n) is 22.6. The Morgan fingerprint density at radius 3 is 2.58 bits per heavy atom. The molecule has 0 aliphatic carbocycles. The van der Waals surface area contributed by atoms with Crippen LogP contribution in [0.2, 0.25) is 0 Å². The molecular formula is C27H22N6O9S3. The van der Waals surface area contributed by atoms with Crippen molar-refractivity contribution in [3.8, 4) is 11.5 Å². The number of thioether (sulfide) groups is 2. The van der Waals surface area contributed by atoms with Crippen LogP contribution in [0.1, 0.15) is 17.4 Å². The molecule has 2 aliphatic rings. The van der Waals surface area contributed by atoms with Gasteiger partial charge in [-0.25, -0.2) is 14.6 Å². The van der Waals surface area contributed by atoms with Gasteiger partial charge < -0.3 is 36.3 Å². The van der Waals surface area contributed by atoms with E-state index in [9.17, 15) is 39.6 Å². The Hall–Kier alpha value is -5.07. The van der Waals surface area contributed by atoms with E-state index < -0.39 is 58.5 Å². The summed E-state index contributed by atoms with van der Waals surface area (Å²) in [4.78, 5) is 65.8. The molecule has 2 aromatic heterocycles. The van der Waals surface area contributed by atoms with E-state index in [1.807, 2.05) is 0 Å². The van der Waals surface area contributed by atoms with Crippen molar-refractivity contribution < 1.29 is 44.4 Å². The molecule has 1 fully saturated rings. The number of aliphatic carboxylic acids is 2. The third-order valence-corrected chi connectivity index (χ3v) is 9.16. The summed E-state index contributed by atoms with van der Waals surface area (Å²) in [6.45, 7) is 0. The Labute approximate surface area is 266 Å². The molecule has 232 valence electrons. The van der Waals surface area contributed by atoms with Crippen molar-refractivity contribution in [3.05, 3.63) is 82.1 Å². The lowest BCUT2D eigenvalue weighted by atomic mass is 10.0. The fourth-order valence-corrected chi connectivity index (χ4v) is 6.79. The summed E-state index contributed by atoms with van der Waals surface area (Å²) in [7, 11) is 0. The lowest BCUT2D eigenvalue weighted by Crippen LogP contribution is -2.71. The number of aromatic hydroxyl groups is 2. The summed E-state index contributed by atoms with van der Waals surface area (Å²) in [5.74, 6) is -5.32. The van der Waals surface area contributed by atoms with E-state index in [0.29, 0.717) is 5.57 Å². The first kappa shape index (κ1) is 31.4. The molecule has 1 aromatic carbocycles. The molecule has 0 spiro atoms. The molecule has 2 aliphatic heterocycles. The van der Waals surface area contributed by atoms with Crippen LogP contribution in [0.5, 0.6) is 11.5 Å². The molecule has 3 aromatic rings. The SMILES string of the molecule is Nc1nc(C(=NO[C@@H](C(=O)O)c2ccc(O)c(O)c2)C(=O)N[C@@H]2C(=O)N3C(C(=O)O)=C(C=CSc4ccncc4)CS[C@@H]23)cs1. The van der Waals surface area contributed by atoms with Gasteiger partial charge in [0.05, 0.1) is 0 Å². The number of pyridine rings is 1. The number of aromatic nitrogens is 2. The first-order valence-corrected chi connectivity index (χ1v) is 15.5. The monoisotopic (exact) mass is 670 g/mol. The highest BCUT2D eigenvalue weighted by Gasteiger charge is 2.54. The summed E-state index contributed by atoms with van der Waals surface area (Å²) in [5.41, 5.74) is 5.25. The van der Waals surface area contributed by atoms with E-state index in [-0.39, 0.29) is 27.8 Å². The summed E-state index contributed by atoms with van der Waals surface area (Å²) in [5, 5.41) is 47.6. The lowest BCUT2D eigenvalue weighted by Gasteiger charge is -2.49. The van der Waals surface area contributed by atoms with Gasteiger partial charge in [-0.1, -0.05) is 23.0 Å². The number of hydrogen-bond acceptors (Lipinski definition) is 14. The number of thiazole rings is 1. The van der Waals surface area contributed by atoms with E-state index in [1.165, 1.54) is 35.0 Å². The Morgan fingerprint density at radius 2 is 1.93 bits per heavy atom. The van der Waals surface area contributed by atoms with Crippen molar-refractivity contribution >= 4 is 69.5 Å². The van der Waals surface area contributed by atoms with E-state index in [0.717, 1.165) is 33.3 Å². The predicted octanol–water partition coefficient (Wildman–Crippen LogP) is 2.12. The molecule has 2 amide bonds. The number of oxime groups is 1. The Balaban J connectivity index is 1.35. The number of amides is 2. The second kappa shape index (κ2) is 13.3. The van der Waals surface area contributed by atoms with Crippen molar-refractivity contribution in [2.45, 2.75) is 22.4 Å². The number of anilines is 1. The molecule has 3 atom stereocenters. The zero-order chi connectivity index (χ0) is 32.2. The van der Waals surface area contributed by atoms with E-state index in [2.05, 4.69) is 20.4 Å². The van der Waals surface area contributed by atoms with Crippen LogP contribution in [0.4, 0.5) is 5.13 Å². The number of hydrogen-bond donors (Lipinski definition) is 6. The number of carbonyl (C=O) groups excluding carboxylic acids is 2. The molecular weight excluding hydrogens is 649 g/mol. The Morgan fingerprint density at radius 1 is 1.18 bits per heavy atom. The summed E-state index contributed by atoms with van der Waals surface area (Å²) >= 11 is 3.57. The summed E-state index contributed by atoms with van der Waals surface area (Å²) in [6.07, 6.45) is 3.07. The molecule has 0 bridgehead atoms. The van der Waals surface area contributed by atoms with Gasteiger partial charge in [-0.3, -0.25) is 19.5 Å². The van der Waals surface area contributed by atoms with Gasteiger partial charge >= 0.3 is 11.9 Å². The standard InChI is InChI=1S/C27H22N6O9S3/c28-27-30-15(11-45-27)18(32-42-21(26(40)41)12-1-2-16(34)17(35)9-12)22(36)31-19-23(37)33-20(25(38)39)13(10-44-24(19)33)5-8-43-14-3-6-29-7-4-14/h1-9,11,19,21,24,34-35H,10H2,(H2,28,30)(H,31,36)(H,38,39)(H,40,41)/t19-,21-,24+/m1/s1. The Bertz CT molecular complexity index is 1760. The van der Waals surface area contributed by atoms with Gasteiger partial charge in [0.15, 0.2) is 22.3 Å². The van der Waals surface area contributed by atoms with Crippen LogP contribution >= 0.6 is 34.9 Å². The first-order chi connectivity index (χ1) is 21.5. The third kappa shape index (κ3) is 6.71. The van der Waals surface area contributed by atoms with Crippen molar-refractivity contribution in [2.24, 2.45) is 5.16 Å². The number of phenols is 2. The third-order valence-electron chi connectivity index (χ3n) is 6.37. The number of nitrogen functional groups attached to an aromatic ring is 1. The van der Waals surface area contributed by atoms with E-state index in [4.69, 9.17) is 10.6 Å². The van der Waals surface area contributed by atoms with Crippen LogP contribution < -0.4 is 11.1 Å². The topological polar surface area (TPSA) is 238 Å². The number of nitrogens with one attached hydrogen (secondary N) is 1. The van der Waals surface area contributed by atoms with Crippen LogP contribution in [0.3, 0.4) is 0 Å². The molecule has 0 unspecified atom stereocenters. The average molecular weight is 671 g/mol. The fourth-order valence-electron chi connectivity index (χ4n) is 4.25. The maximum Gasteiger partial charge on any atom is 0.352 e. The number of phenolic OH excluding ortho intramolecular Hbond substituents is 2. The number of β-lactam (4-membered cyclic amide) rings is 1. The van der Waals surface area contributed by atoms with Crippen molar-refractivity contribution in [3.63, 3.8) is 0 Å². The van der Waals surface area contributed by atoms with Gasteiger partial charge in [0.2, 0.25) is 6.10 Å². The maximum atomic E-state index is 13.4. The first-order valence-electron chi connectivity index (χ1n) is 12.7. The van der Waals surface area contributed by atoms with Gasteiger partial charge in [0.1, 0.15) is 22.8 Å². The minimum absolute atomic E-state index is 0.0661. The van der Waals surface area contributed by atoms with Gasteiger partial charge in [-0.15, -0.1) is 23.1 Å². The number of nitrogens with two attached hydrogens (primary N) is 1. The van der Waals surface area contributed by atoms with Crippen LogP contribution in [-0.4, -0.2) is 81.9 Å². The predicted molar refractivity (Wildman–Crippen MR) is 163 cm³/mol. The average Bonchev–Trinajstić information content (AvgIpc) is 3.44. The van der Waals surface area contributed by atoms with Crippen LogP contribution in [-0.2, 0) is 24.0 Å². The molecule has 5 rings (SSSR count). The van der Waals surface area contributed by atoms with E-state index in [1.54, 1.807) is 36.0 Å². The van der Waals surface area contributed by atoms with Gasteiger partial charge in [0, 0.05) is 34.0 Å². The number of carboxylic acid groups (broad SMARTS) is 2. The second-order valence-electron chi connectivity index (χ2n) is 9.23. The molecule has 1 saturated heterocycles. The normalized spacial score (nSPS) is 18.7. The van der Waals surface area contributed by atoms with Crippen LogP contribution in [0, 0.1) is 0 Å². The molecule has 7 N–H and O–H groups in total. The largest absolute Gasteiger partial charge is 0.504 e. The number of benzene rings is 1. The minimum Gasteiger partial charge on any atom is -0.504 e. The summed E-state index contributed by atoms with van der Waals surface area (Å²) in [6, 6.07) is 5.64. The molecule has 0 saturated carbocycles. The molecule has 18 heteroatoms. The van der Waals surface area contributed by atoms with Gasteiger partial charge in [-0.2, -0.15) is 0 Å². The highest BCUT2D eigenvalue weighted by Crippen LogP contribution is 2.41. The van der Waals surface area contributed by atoms with Crippen molar-refractivity contribution in [1.29, 1.82) is 0 Å². The highest BCUT2D eigenvalue weighted by atomic mass is 32.2. The van der Waals surface area contributed by atoms with E-state index >= 15 is 0 Å². The van der Waals surface area contributed by atoms with Gasteiger partial charge in [0.25, 0.3) is 11.8 Å². The lowest BCUT2D eigenvalue weighted by molar-refractivity contribution is -0.151. The number of allylic oxidation sites excluding steroid dienone is 1. The molecule has 0 radical (unpaired) electrons. The van der Waals surface area contributed by atoms with Crippen LogP contribution in [0.15, 0.2) is 80.9 Å². The van der Waals surface area contributed by atoms with Gasteiger partial charge in [-0.05, 0) is 41.3 Å². The summed E-state index contributed by atoms with van der Waals surface area (Å²) < 4.78 is 0. The smallest absolute Gasteiger partial charge is 0.352 e. The minimum atomic E-state index is -1.81. The maximum absolute atomic E-state index is 13.4. The number of fused-ring (bicyclic) bond motifs is 1. The number of carbonyl (C=O) groups is 4. The van der Waals surface area contributed by atoms with Crippen molar-refractivity contribution in [1.82, 2.24) is 20.2 Å². The van der Waals surface area contributed by atoms with Crippen LogP contribution in [0.25, 0.3) is 0 Å². The number of nitrogens with zero attached hydrogens (tertiary/aromatic N) is 4. The number of carboxylic acids is 2. The Kier molecular flexibility index (Phi) is 9.26. The quantitative estimate of drug-likeness (QED) is 0.0564. The molecule has 4 heterocycles. The number of rotatable bonds is 11. The molecule has 15 nitrogen and oxygen atoms in total. The van der Waals surface area contributed by atoms with Crippen molar-refractivity contribution in [2.75, 3.05) is 11.5 Å². The second-order valence-corrected chi connectivity index (χ2v) is 12.2. The zero-order valence-corrected chi connectivity index (χ0v) is 25.1. The molecule has 45 heavy (non-hydrogen) atoms. The highest BCUT2D eigenvalue weighted by molar-refractivity contribution is 8.02.